The zero-order valence-corrected chi connectivity index (χ0v) is 7.59. The number of benzene rings is 1. The van der Waals surface area contributed by atoms with Crippen molar-refractivity contribution in [3.8, 4) is 0 Å². The summed E-state index contributed by atoms with van der Waals surface area (Å²) in [5.74, 6) is -5.24. The van der Waals surface area contributed by atoms with Crippen LogP contribution in [0.3, 0.4) is 0 Å². The molecule has 0 amide bonds. The lowest BCUT2D eigenvalue weighted by Gasteiger charge is -2.13. The summed E-state index contributed by atoms with van der Waals surface area (Å²) < 4.78 is 48.6. The van der Waals surface area contributed by atoms with Crippen molar-refractivity contribution >= 4 is 5.78 Å². The summed E-state index contributed by atoms with van der Waals surface area (Å²) >= 11 is 0. The normalized spacial score (nSPS) is 11.8. The van der Waals surface area contributed by atoms with Gasteiger partial charge in [0.25, 0.3) is 0 Å². The second-order valence-corrected chi connectivity index (χ2v) is 3.03. The molecule has 0 fully saturated rings. The van der Waals surface area contributed by atoms with Crippen LogP contribution in [0.2, 0.25) is 0 Å². The number of Topliss-reactive ketones (excluding diaryl/α,β-unsaturated/α-hetero) is 1. The summed E-state index contributed by atoms with van der Waals surface area (Å²) in [5, 5.41) is 0. The Kier molecular flexibility index (Phi) is 3.44. The van der Waals surface area contributed by atoms with Gasteiger partial charge in [-0.1, -0.05) is 30.3 Å². The Balaban J connectivity index is 2.73. The number of hydrogen-bond acceptors (Lipinski definition) is 1. The zero-order valence-electron chi connectivity index (χ0n) is 7.59. The minimum atomic E-state index is -4.26. The van der Waals surface area contributed by atoms with E-state index in [0.29, 0.717) is 0 Å². The van der Waals surface area contributed by atoms with Gasteiger partial charge in [-0.25, -0.2) is 8.78 Å². The molecule has 0 saturated heterocycles. The minimum Gasteiger partial charge on any atom is -0.294 e. The molecular weight excluding hydrogens is 212 g/mol. The predicted molar refractivity (Wildman–Crippen MR) is 46.3 cm³/mol. The standard InChI is InChI=1S/C10H8F4O/c11-9(12)10(13,14)6-8(15)7-4-2-1-3-5-7/h1-5,9H,6H2. The monoisotopic (exact) mass is 220 g/mol. The topological polar surface area (TPSA) is 17.1 Å². The Morgan fingerprint density at radius 2 is 1.73 bits per heavy atom. The van der Waals surface area contributed by atoms with Crippen LogP contribution in [0.4, 0.5) is 17.6 Å². The number of rotatable bonds is 4. The summed E-state index contributed by atoms with van der Waals surface area (Å²) in [6.45, 7) is 0. The maximum atomic E-state index is 12.5. The summed E-state index contributed by atoms with van der Waals surface area (Å²) in [7, 11) is 0. The van der Waals surface area contributed by atoms with Crippen LogP contribution in [-0.2, 0) is 0 Å². The molecule has 0 unspecified atom stereocenters. The molecule has 1 aromatic rings. The SMILES string of the molecule is O=C(CC(F)(F)C(F)F)c1ccccc1. The summed E-state index contributed by atoms with van der Waals surface area (Å²) in [6, 6.07) is 7.18. The van der Waals surface area contributed by atoms with Gasteiger partial charge < -0.3 is 0 Å². The van der Waals surface area contributed by atoms with Gasteiger partial charge in [0, 0.05) is 5.56 Å². The quantitative estimate of drug-likeness (QED) is 0.562. The fourth-order valence-electron chi connectivity index (χ4n) is 1.02. The zero-order chi connectivity index (χ0) is 11.5. The van der Waals surface area contributed by atoms with Crippen molar-refractivity contribution < 1.29 is 22.4 Å². The molecule has 5 heteroatoms. The number of carbonyl (C=O) groups is 1. The molecule has 0 aliphatic heterocycles. The summed E-state index contributed by atoms with van der Waals surface area (Å²) in [6.07, 6.45) is -5.28. The fourth-order valence-corrected chi connectivity index (χ4v) is 1.02. The lowest BCUT2D eigenvalue weighted by Crippen LogP contribution is -2.29. The lowest BCUT2D eigenvalue weighted by molar-refractivity contribution is -0.125. The molecule has 0 spiro atoms. The predicted octanol–water partition coefficient (Wildman–Crippen LogP) is 3.16. The van der Waals surface area contributed by atoms with Gasteiger partial charge in [0.05, 0.1) is 6.42 Å². The van der Waals surface area contributed by atoms with Crippen LogP contribution in [-0.4, -0.2) is 18.1 Å². The number of halogens is 4. The second-order valence-electron chi connectivity index (χ2n) is 3.03. The van der Waals surface area contributed by atoms with E-state index in [4.69, 9.17) is 0 Å². The van der Waals surface area contributed by atoms with E-state index in [1.807, 2.05) is 0 Å². The van der Waals surface area contributed by atoms with Gasteiger partial charge in [0.1, 0.15) is 0 Å². The molecule has 1 aromatic carbocycles. The number of ketones is 1. The molecular formula is C10H8F4O. The van der Waals surface area contributed by atoms with Gasteiger partial charge in [-0.2, -0.15) is 8.78 Å². The van der Waals surface area contributed by atoms with E-state index in [0.717, 1.165) is 0 Å². The van der Waals surface area contributed by atoms with Crippen LogP contribution >= 0.6 is 0 Å². The highest BCUT2D eigenvalue weighted by atomic mass is 19.3. The molecule has 0 aromatic heterocycles. The third-order valence-electron chi connectivity index (χ3n) is 1.81. The van der Waals surface area contributed by atoms with E-state index in [-0.39, 0.29) is 5.56 Å². The smallest absolute Gasteiger partial charge is 0.294 e. The number of alkyl halides is 4. The molecule has 0 aliphatic rings. The van der Waals surface area contributed by atoms with E-state index in [1.54, 1.807) is 6.07 Å². The molecule has 82 valence electrons. The van der Waals surface area contributed by atoms with Crippen molar-refractivity contribution in [2.24, 2.45) is 0 Å². The highest BCUT2D eigenvalue weighted by Gasteiger charge is 2.42. The van der Waals surface area contributed by atoms with Crippen LogP contribution in [0, 0.1) is 0 Å². The van der Waals surface area contributed by atoms with E-state index >= 15 is 0 Å². The molecule has 0 atom stereocenters. The third-order valence-corrected chi connectivity index (χ3v) is 1.81. The Morgan fingerprint density at radius 1 is 1.20 bits per heavy atom. The van der Waals surface area contributed by atoms with Gasteiger partial charge in [-0.05, 0) is 0 Å². The average Bonchev–Trinajstić information content (AvgIpc) is 2.18. The first kappa shape index (κ1) is 11.7. The van der Waals surface area contributed by atoms with Crippen LogP contribution in [0.1, 0.15) is 16.8 Å². The Morgan fingerprint density at radius 3 is 2.20 bits per heavy atom. The second kappa shape index (κ2) is 4.42. The molecule has 0 N–H and O–H groups in total. The van der Waals surface area contributed by atoms with Crippen molar-refractivity contribution in [2.45, 2.75) is 18.8 Å². The number of carbonyl (C=O) groups excluding carboxylic acids is 1. The Labute approximate surface area is 83.7 Å². The van der Waals surface area contributed by atoms with Crippen LogP contribution in [0.25, 0.3) is 0 Å². The summed E-state index contributed by atoms with van der Waals surface area (Å²) in [5.41, 5.74) is 0.0119. The molecule has 0 radical (unpaired) electrons. The van der Waals surface area contributed by atoms with Gasteiger partial charge in [0.15, 0.2) is 5.78 Å². The maximum absolute atomic E-state index is 12.5. The molecule has 1 nitrogen and oxygen atoms in total. The van der Waals surface area contributed by atoms with Crippen LogP contribution in [0.15, 0.2) is 30.3 Å². The average molecular weight is 220 g/mol. The minimum absolute atomic E-state index is 0.0119. The van der Waals surface area contributed by atoms with Crippen LogP contribution < -0.4 is 0 Å². The Bertz CT molecular complexity index is 335. The molecule has 1 rings (SSSR count). The largest absolute Gasteiger partial charge is 0.314 e. The molecule has 0 aliphatic carbocycles. The first-order valence-electron chi connectivity index (χ1n) is 4.17. The van der Waals surface area contributed by atoms with Crippen molar-refractivity contribution in [1.82, 2.24) is 0 Å². The van der Waals surface area contributed by atoms with Gasteiger partial charge in [0.2, 0.25) is 0 Å². The molecule has 15 heavy (non-hydrogen) atoms. The first-order valence-corrected chi connectivity index (χ1v) is 4.17. The highest BCUT2D eigenvalue weighted by molar-refractivity contribution is 5.96. The molecule has 0 heterocycles. The van der Waals surface area contributed by atoms with Gasteiger partial charge in [-0.3, -0.25) is 4.79 Å². The highest BCUT2D eigenvalue weighted by Crippen LogP contribution is 2.28. The van der Waals surface area contributed by atoms with Crippen LogP contribution in [0.5, 0.6) is 0 Å². The Hall–Kier alpha value is -1.39. The van der Waals surface area contributed by atoms with Crippen molar-refractivity contribution in [2.75, 3.05) is 0 Å². The van der Waals surface area contributed by atoms with E-state index in [9.17, 15) is 22.4 Å². The fraction of sp³-hybridized carbons (Fsp3) is 0.300. The van der Waals surface area contributed by atoms with Crippen molar-refractivity contribution in [1.29, 1.82) is 0 Å². The lowest BCUT2D eigenvalue weighted by atomic mass is 10.1. The van der Waals surface area contributed by atoms with E-state index in [1.165, 1.54) is 24.3 Å². The first-order chi connectivity index (χ1) is 6.93. The van der Waals surface area contributed by atoms with Crippen molar-refractivity contribution in [3.63, 3.8) is 0 Å². The third kappa shape index (κ3) is 3.04. The van der Waals surface area contributed by atoms with Gasteiger partial charge in [-0.15, -0.1) is 0 Å². The van der Waals surface area contributed by atoms with Crippen molar-refractivity contribution in [3.05, 3.63) is 35.9 Å². The molecule has 0 saturated carbocycles. The number of hydrogen-bond donors (Lipinski definition) is 0. The van der Waals surface area contributed by atoms with E-state index in [2.05, 4.69) is 0 Å². The van der Waals surface area contributed by atoms with Gasteiger partial charge >= 0.3 is 12.3 Å². The van der Waals surface area contributed by atoms with E-state index < -0.39 is 24.6 Å². The maximum Gasteiger partial charge on any atom is 0.314 e. The molecule has 0 bridgehead atoms. The summed E-state index contributed by atoms with van der Waals surface area (Å²) in [4.78, 5) is 11.2.